The van der Waals surface area contributed by atoms with Gasteiger partial charge in [-0.1, -0.05) is 6.07 Å². The van der Waals surface area contributed by atoms with Crippen LogP contribution in [0.15, 0.2) is 42.7 Å². The first-order valence-corrected chi connectivity index (χ1v) is 7.22. The highest BCUT2D eigenvalue weighted by Gasteiger charge is 2.09. The third-order valence-electron chi connectivity index (χ3n) is 3.48. The van der Waals surface area contributed by atoms with Crippen LogP contribution >= 0.6 is 11.6 Å². The highest BCUT2D eigenvalue weighted by atomic mass is 35.5. The maximum absolute atomic E-state index is 6.03. The lowest BCUT2D eigenvalue weighted by Gasteiger charge is -2.07. The molecule has 20 heavy (non-hydrogen) atoms. The van der Waals surface area contributed by atoms with Crippen LogP contribution in [-0.2, 0) is 18.8 Å². The Labute approximate surface area is 123 Å². The van der Waals surface area contributed by atoms with Crippen LogP contribution in [0.3, 0.4) is 0 Å². The van der Waals surface area contributed by atoms with Crippen molar-refractivity contribution in [3.63, 3.8) is 0 Å². The summed E-state index contributed by atoms with van der Waals surface area (Å²) in [6.07, 6.45) is 4.60. The first kappa shape index (κ1) is 13.1. The van der Waals surface area contributed by atoms with Crippen molar-refractivity contribution in [2.75, 3.05) is 0 Å². The molecule has 0 aliphatic carbocycles. The van der Waals surface area contributed by atoms with Crippen LogP contribution in [0.5, 0.6) is 0 Å². The Balaban J connectivity index is 1.93. The largest absolute Gasteiger partial charge is 0.327 e. The van der Waals surface area contributed by atoms with E-state index in [1.54, 1.807) is 0 Å². The molecule has 0 aliphatic heterocycles. The molecule has 0 N–H and O–H groups in total. The number of halogens is 1. The van der Waals surface area contributed by atoms with E-state index in [2.05, 4.69) is 39.7 Å². The fraction of sp³-hybridized carbons (Fsp3) is 0.250. The summed E-state index contributed by atoms with van der Waals surface area (Å²) in [5.41, 5.74) is 4.67. The average Bonchev–Trinajstić information content (AvgIpc) is 2.83. The predicted octanol–water partition coefficient (Wildman–Crippen LogP) is 3.72. The Bertz CT molecular complexity index is 719. The number of hydrogen-bond acceptors (Lipinski definition) is 2. The molecule has 3 rings (SSSR count). The number of pyridine rings is 1. The van der Waals surface area contributed by atoms with Crippen LogP contribution < -0.4 is 0 Å². The van der Waals surface area contributed by atoms with Crippen LogP contribution in [0.25, 0.3) is 11.0 Å². The Morgan fingerprint density at radius 2 is 1.95 bits per heavy atom. The summed E-state index contributed by atoms with van der Waals surface area (Å²) in [7, 11) is 0. The summed E-state index contributed by atoms with van der Waals surface area (Å²) in [6, 6.07) is 10.4. The van der Waals surface area contributed by atoms with Crippen molar-refractivity contribution >= 4 is 22.6 Å². The average molecular weight is 286 g/mol. The number of nitrogens with zero attached hydrogens (tertiary/aromatic N) is 3. The van der Waals surface area contributed by atoms with E-state index in [-0.39, 0.29) is 0 Å². The van der Waals surface area contributed by atoms with Crippen LogP contribution in [0.1, 0.15) is 17.0 Å². The molecule has 3 aromatic rings. The van der Waals surface area contributed by atoms with Crippen molar-refractivity contribution < 1.29 is 0 Å². The number of fused-ring (bicyclic) bond motifs is 1. The van der Waals surface area contributed by atoms with Gasteiger partial charge in [0.1, 0.15) is 5.82 Å². The molecule has 0 fully saturated rings. The third kappa shape index (κ3) is 2.54. The highest BCUT2D eigenvalue weighted by molar-refractivity contribution is 6.16. The zero-order chi connectivity index (χ0) is 13.9. The lowest BCUT2D eigenvalue weighted by atomic mass is 10.2. The fourth-order valence-corrected chi connectivity index (χ4v) is 2.64. The molecule has 2 heterocycles. The summed E-state index contributed by atoms with van der Waals surface area (Å²) < 4.78 is 2.21. The van der Waals surface area contributed by atoms with Gasteiger partial charge in [0, 0.05) is 18.9 Å². The second-order valence-corrected chi connectivity index (χ2v) is 5.18. The predicted molar refractivity (Wildman–Crippen MR) is 82.0 cm³/mol. The first-order chi connectivity index (χ1) is 9.78. The van der Waals surface area contributed by atoms with E-state index < -0.39 is 0 Å². The number of rotatable bonds is 4. The molecule has 0 bridgehead atoms. The van der Waals surface area contributed by atoms with Crippen molar-refractivity contribution in [1.82, 2.24) is 14.5 Å². The van der Waals surface area contributed by atoms with Gasteiger partial charge in [-0.3, -0.25) is 4.98 Å². The molecule has 2 aromatic heterocycles. The Morgan fingerprint density at radius 1 is 1.15 bits per heavy atom. The van der Waals surface area contributed by atoms with E-state index in [0.717, 1.165) is 29.8 Å². The van der Waals surface area contributed by atoms with E-state index >= 15 is 0 Å². The lowest BCUT2D eigenvalue weighted by Crippen LogP contribution is -2.05. The molecule has 0 saturated carbocycles. The number of benzene rings is 1. The van der Waals surface area contributed by atoms with Gasteiger partial charge in [0.05, 0.1) is 16.9 Å². The van der Waals surface area contributed by atoms with Gasteiger partial charge in [-0.25, -0.2) is 4.98 Å². The van der Waals surface area contributed by atoms with Gasteiger partial charge in [0.15, 0.2) is 0 Å². The maximum Gasteiger partial charge on any atom is 0.124 e. The third-order valence-corrected chi connectivity index (χ3v) is 3.71. The Morgan fingerprint density at radius 3 is 2.70 bits per heavy atom. The summed E-state index contributed by atoms with van der Waals surface area (Å²) in [5.74, 6) is 1.37. The lowest BCUT2D eigenvalue weighted by molar-refractivity contribution is 0.687. The summed E-state index contributed by atoms with van der Waals surface area (Å²) >= 11 is 6.03. The second kappa shape index (κ2) is 5.63. The van der Waals surface area contributed by atoms with E-state index in [1.807, 2.05) is 24.5 Å². The topological polar surface area (TPSA) is 30.7 Å². The number of aryl methyl sites for hydroxylation is 3. The molecule has 0 unspecified atom stereocenters. The van der Waals surface area contributed by atoms with Gasteiger partial charge in [0.25, 0.3) is 0 Å². The van der Waals surface area contributed by atoms with Crippen molar-refractivity contribution in [2.45, 2.75) is 25.8 Å². The molecular formula is C16H16ClN3. The normalized spacial score (nSPS) is 11.1. The zero-order valence-corrected chi connectivity index (χ0v) is 12.1. The monoisotopic (exact) mass is 285 g/mol. The van der Waals surface area contributed by atoms with E-state index in [1.165, 1.54) is 11.1 Å². The van der Waals surface area contributed by atoms with Crippen LogP contribution in [0.4, 0.5) is 0 Å². The van der Waals surface area contributed by atoms with Crippen molar-refractivity contribution in [3.05, 3.63) is 59.7 Å². The second-order valence-electron chi connectivity index (χ2n) is 4.91. The maximum atomic E-state index is 6.03. The number of imidazole rings is 1. The molecular weight excluding hydrogens is 270 g/mol. The zero-order valence-electron chi connectivity index (χ0n) is 11.4. The van der Waals surface area contributed by atoms with Gasteiger partial charge >= 0.3 is 0 Å². The Hall–Kier alpha value is -1.87. The van der Waals surface area contributed by atoms with Gasteiger partial charge in [0.2, 0.25) is 0 Å². The van der Waals surface area contributed by atoms with Crippen molar-refractivity contribution in [3.8, 4) is 0 Å². The van der Waals surface area contributed by atoms with Crippen LogP contribution in [-0.4, -0.2) is 14.5 Å². The fourth-order valence-electron chi connectivity index (χ4n) is 2.43. The highest BCUT2D eigenvalue weighted by Crippen LogP contribution is 2.19. The van der Waals surface area contributed by atoms with Gasteiger partial charge in [-0.15, -0.1) is 11.6 Å². The molecule has 1 aromatic carbocycles. The molecule has 102 valence electrons. The summed E-state index contributed by atoms with van der Waals surface area (Å²) in [5, 5.41) is 0. The van der Waals surface area contributed by atoms with Crippen molar-refractivity contribution in [1.29, 1.82) is 0 Å². The van der Waals surface area contributed by atoms with Gasteiger partial charge in [-0.2, -0.15) is 0 Å². The molecule has 0 saturated heterocycles. The number of alkyl halides is 1. The molecule has 0 aliphatic rings. The molecule has 4 heteroatoms. The minimum absolute atomic E-state index is 0.435. The number of hydrogen-bond donors (Lipinski definition) is 0. The van der Waals surface area contributed by atoms with Crippen LogP contribution in [0.2, 0.25) is 0 Å². The summed E-state index contributed by atoms with van der Waals surface area (Å²) in [4.78, 5) is 8.67. The van der Waals surface area contributed by atoms with Gasteiger partial charge in [-0.05, 0) is 48.7 Å². The quantitative estimate of drug-likeness (QED) is 0.684. The number of aromatic nitrogens is 3. The smallest absolute Gasteiger partial charge is 0.124 e. The molecule has 0 atom stereocenters. The Kier molecular flexibility index (Phi) is 3.70. The molecule has 0 radical (unpaired) electrons. The first-order valence-electron chi connectivity index (χ1n) is 6.68. The van der Waals surface area contributed by atoms with E-state index in [4.69, 9.17) is 11.6 Å². The molecule has 0 amide bonds. The standard InChI is InChI=1S/C16H16ClN3/c1-12-2-3-15-14(10-12)19-16(11-17)20(15)9-6-13-4-7-18-8-5-13/h2-5,7-8,10H,6,9,11H2,1H3. The summed E-state index contributed by atoms with van der Waals surface area (Å²) in [6.45, 7) is 2.96. The molecule has 3 nitrogen and oxygen atoms in total. The van der Waals surface area contributed by atoms with Gasteiger partial charge < -0.3 is 4.57 Å². The van der Waals surface area contributed by atoms with E-state index in [0.29, 0.717) is 5.88 Å². The van der Waals surface area contributed by atoms with E-state index in [9.17, 15) is 0 Å². The minimum atomic E-state index is 0.435. The minimum Gasteiger partial charge on any atom is -0.327 e. The molecule has 0 spiro atoms. The van der Waals surface area contributed by atoms with Crippen molar-refractivity contribution in [2.24, 2.45) is 0 Å². The van der Waals surface area contributed by atoms with Crippen LogP contribution in [0, 0.1) is 6.92 Å². The SMILES string of the molecule is Cc1ccc2c(c1)nc(CCl)n2CCc1ccncc1.